The fraction of sp³-hybridized carbons (Fsp3) is 0.0625. The van der Waals surface area contributed by atoms with Gasteiger partial charge in [-0.25, -0.2) is 4.39 Å². The summed E-state index contributed by atoms with van der Waals surface area (Å²) in [6.07, 6.45) is 0. The second-order valence-corrected chi connectivity index (χ2v) is 5.29. The Morgan fingerprint density at radius 3 is 2.67 bits per heavy atom. The lowest BCUT2D eigenvalue weighted by molar-refractivity contribution is 0.631. The Kier molecular flexibility index (Phi) is 3.39. The van der Waals surface area contributed by atoms with Crippen molar-refractivity contribution in [3.8, 4) is 22.4 Å². The molecule has 0 bridgehead atoms. The molecule has 1 heterocycles. The topological polar surface area (TPSA) is 54.7 Å². The van der Waals surface area contributed by atoms with Crippen LogP contribution in [0.4, 0.5) is 10.2 Å². The van der Waals surface area contributed by atoms with Crippen LogP contribution in [-0.4, -0.2) is 10.2 Å². The van der Waals surface area contributed by atoms with Gasteiger partial charge >= 0.3 is 0 Å². The maximum Gasteiger partial charge on any atom is 0.153 e. The second kappa shape index (κ2) is 5.22. The minimum absolute atomic E-state index is 0.257. The van der Waals surface area contributed by atoms with Crippen LogP contribution in [0.2, 0.25) is 5.02 Å². The van der Waals surface area contributed by atoms with Crippen molar-refractivity contribution in [3.05, 3.63) is 58.9 Å². The molecule has 3 aromatic rings. The molecule has 0 spiro atoms. The summed E-state index contributed by atoms with van der Waals surface area (Å²) >= 11 is 6.10. The Balaban J connectivity index is 2.24. The molecule has 106 valence electrons. The number of nitrogens with one attached hydrogen (secondary N) is 1. The minimum atomic E-state index is -0.342. The Hall–Kier alpha value is -2.33. The van der Waals surface area contributed by atoms with Crippen molar-refractivity contribution in [2.24, 2.45) is 0 Å². The number of nitrogens with zero attached hydrogens (tertiary/aromatic N) is 1. The van der Waals surface area contributed by atoms with Crippen LogP contribution in [0.3, 0.4) is 0 Å². The Bertz CT molecular complexity index is 791. The monoisotopic (exact) mass is 301 g/mol. The first kappa shape index (κ1) is 13.6. The lowest BCUT2D eigenvalue weighted by Gasteiger charge is -2.07. The normalized spacial score (nSPS) is 10.8. The quantitative estimate of drug-likeness (QED) is 0.736. The molecule has 0 atom stereocenters. The Morgan fingerprint density at radius 1 is 1.19 bits per heavy atom. The van der Waals surface area contributed by atoms with Gasteiger partial charge in [-0.1, -0.05) is 29.8 Å². The van der Waals surface area contributed by atoms with Gasteiger partial charge in [0.25, 0.3) is 0 Å². The summed E-state index contributed by atoms with van der Waals surface area (Å²) in [5.41, 5.74) is 9.36. The number of hydrogen-bond acceptors (Lipinski definition) is 2. The predicted octanol–water partition coefficient (Wildman–Crippen LogP) is 4.43. The summed E-state index contributed by atoms with van der Waals surface area (Å²) in [7, 11) is 0. The van der Waals surface area contributed by atoms with Crippen LogP contribution in [-0.2, 0) is 0 Å². The summed E-state index contributed by atoms with van der Waals surface area (Å²) in [6.45, 7) is 1.94. The summed E-state index contributed by atoms with van der Waals surface area (Å²) in [6, 6.07) is 12.1. The van der Waals surface area contributed by atoms with Gasteiger partial charge in [0.15, 0.2) is 5.82 Å². The first-order chi connectivity index (χ1) is 10.1. The van der Waals surface area contributed by atoms with E-state index in [2.05, 4.69) is 10.2 Å². The van der Waals surface area contributed by atoms with Crippen LogP contribution in [0.1, 0.15) is 5.56 Å². The molecule has 0 fully saturated rings. The molecule has 0 aliphatic rings. The summed E-state index contributed by atoms with van der Waals surface area (Å²) < 4.78 is 14.1. The van der Waals surface area contributed by atoms with E-state index in [0.29, 0.717) is 21.8 Å². The Morgan fingerprint density at radius 2 is 1.95 bits per heavy atom. The number of halogens is 2. The highest BCUT2D eigenvalue weighted by Crippen LogP contribution is 2.37. The molecule has 0 unspecified atom stereocenters. The van der Waals surface area contributed by atoms with E-state index < -0.39 is 0 Å². The smallest absolute Gasteiger partial charge is 0.153 e. The molecule has 21 heavy (non-hydrogen) atoms. The summed E-state index contributed by atoms with van der Waals surface area (Å²) in [4.78, 5) is 0. The van der Waals surface area contributed by atoms with Gasteiger partial charge in [0, 0.05) is 16.1 Å². The number of nitrogen functional groups attached to an aromatic ring is 1. The molecule has 1 aromatic heterocycles. The number of hydrogen-bond donors (Lipinski definition) is 2. The number of benzene rings is 2. The van der Waals surface area contributed by atoms with Gasteiger partial charge in [0.05, 0.1) is 11.3 Å². The zero-order chi connectivity index (χ0) is 15.0. The fourth-order valence-corrected chi connectivity index (χ4v) is 2.67. The van der Waals surface area contributed by atoms with Crippen molar-refractivity contribution in [1.29, 1.82) is 0 Å². The van der Waals surface area contributed by atoms with Crippen LogP contribution < -0.4 is 5.73 Å². The predicted molar refractivity (Wildman–Crippen MR) is 83.6 cm³/mol. The molecule has 3 rings (SSSR count). The highest BCUT2D eigenvalue weighted by molar-refractivity contribution is 6.31. The van der Waals surface area contributed by atoms with E-state index >= 15 is 0 Å². The highest BCUT2D eigenvalue weighted by Gasteiger charge is 2.18. The molecule has 2 aromatic carbocycles. The average Bonchev–Trinajstić information content (AvgIpc) is 2.80. The van der Waals surface area contributed by atoms with E-state index in [1.807, 2.05) is 19.1 Å². The van der Waals surface area contributed by atoms with E-state index in [4.69, 9.17) is 17.3 Å². The average molecular weight is 302 g/mol. The molecule has 0 aliphatic carbocycles. The van der Waals surface area contributed by atoms with E-state index in [-0.39, 0.29) is 11.6 Å². The van der Waals surface area contributed by atoms with E-state index in [0.717, 1.165) is 11.1 Å². The molecule has 0 amide bonds. The zero-order valence-electron chi connectivity index (χ0n) is 11.3. The van der Waals surface area contributed by atoms with Crippen molar-refractivity contribution in [2.45, 2.75) is 6.92 Å². The first-order valence-corrected chi connectivity index (χ1v) is 6.80. The number of H-pyrrole nitrogens is 1. The van der Waals surface area contributed by atoms with Gasteiger partial charge in [-0.3, -0.25) is 5.10 Å². The zero-order valence-corrected chi connectivity index (χ0v) is 12.1. The highest BCUT2D eigenvalue weighted by atomic mass is 35.5. The largest absolute Gasteiger partial charge is 0.382 e. The minimum Gasteiger partial charge on any atom is -0.382 e. The van der Waals surface area contributed by atoms with Gasteiger partial charge in [-0.2, -0.15) is 5.10 Å². The van der Waals surface area contributed by atoms with Gasteiger partial charge in [-0.05, 0) is 36.8 Å². The number of aromatic amines is 1. The summed E-state index contributed by atoms with van der Waals surface area (Å²) in [5.74, 6) is -0.0849. The van der Waals surface area contributed by atoms with Crippen molar-refractivity contribution in [3.63, 3.8) is 0 Å². The van der Waals surface area contributed by atoms with E-state index in [1.54, 1.807) is 24.3 Å². The van der Waals surface area contributed by atoms with Crippen LogP contribution in [0.5, 0.6) is 0 Å². The fourth-order valence-electron chi connectivity index (χ4n) is 2.38. The van der Waals surface area contributed by atoms with Gasteiger partial charge in [0.1, 0.15) is 5.82 Å². The molecule has 0 saturated carbocycles. The lowest BCUT2D eigenvalue weighted by Crippen LogP contribution is -1.91. The number of aryl methyl sites for hydroxylation is 1. The van der Waals surface area contributed by atoms with Crippen molar-refractivity contribution < 1.29 is 4.39 Å². The molecular weight excluding hydrogens is 289 g/mol. The number of aromatic nitrogens is 2. The van der Waals surface area contributed by atoms with Crippen LogP contribution in [0.25, 0.3) is 22.4 Å². The van der Waals surface area contributed by atoms with Gasteiger partial charge in [0.2, 0.25) is 0 Å². The molecule has 3 nitrogen and oxygen atoms in total. The van der Waals surface area contributed by atoms with Crippen LogP contribution in [0.15, 0.2) is 42.5 Å². The number of nitrogens with two attached hydrogens (primary N) is 1. The third kappa shape index (κ3) is 2.50. The van der Waals surface area contributed by atoms with Gasteiger partial charge < -0.3 is 5.73 Å². The summed E-state index contributed by atoms with van der Waals surface area (Å²) in [5, 5.41) is 7.49. The number of rotatable bonds is 2. The standard InChI is InChI=1S/C16H13ClFN3/c1-9-6-10(8-11(17)7-9)15-14(16(19)21-20-15)12-4-2-3-5-13(12)18/h2-8H,1H3,(H3,19,20,21). The van der Waals surface area contributed by atoms with E-state index in [1.165, 1.54) is 6.07 Å². The molecular formula is C16H13ClFN3. The molecule has 5 heteroatoms. The lowest BCUT2D eigenvalue weighted by atomic mass is 9.99. The first-order valence-electron chi connectivity index (χ1n) is 6.42. The number of anilines is 1. The third-order valence-corrected chi connectivity index (χ3v) is 3.49. The maximum absolute atomic E-state index is 14.1. The Labute approximate surface area is 126 Å². The van der Waals surface area contributed by atoms with Crippen molar-refractivity contribution in [2.75, 3.05) is 5.73 Å². The molecule has 3 N–H and O–H groups in total. The van der Waals surface area contributed by atoms with Crippen molar-refractivity contribution >= 4 is 17.4 Å². The van der Waals surface area contributed by atoms with E-state index in [9.17, 15) is 4.39 Å². The molecule has 0 saturated heterocycles. The molecule has 0 aliphatic heterocycles. The SMILES string of the molecule is Cc1cc(Cl)cc(-c2[nH]nc(N)c2-c2ccccc2F)c1. The van der Waals surface area contributed by atoms with Crippen LogP contribution in [0, 0.1) is 12.7 Å². The van der Waals surface area contributed by atoms with Crippen LogP contribution >= 0.6 is 11.6 Å². The molecule has 0 radical (unpaired) electrons. The second-order valence-electron chi connectivity index (χ2n) is 4.86. The third-order valence-electron chi connectivity index (χ3n) is 3.27. The van der Waals surface area contributed by atoms with Crippen molar-refractivity contribution in [1.82, 2.24) is 10.2 Å². The van der Waals surface area contributed by atoms with Gasteiger partial charge in [-0.15, -0.1) is 0 Å². The maximum atomic E-state index is 14.1.